The van der Waals surface area contributed by atoms with Crippen LogP contribution >= 0.6 is 11.6 Å². The summed E-state index contributed by atoms with van der Waals surface area (Å²) in [5, 5.41) is 9.18. The van der Waals surface area contributed by atoms with Crippen LogP contribution in [0.1, 0.15) is 28.2 Å². The van der Waals surface area contributed by atoms with Gasteiger partial charge >= 0.3 is 5.97 Å². The molecule has 1 fully saturated rings. The van der Waals surface area contributed by atoms with Crippen molar-refractivity contribution in [1.82, 2.24) is 9.55 Å². The molecule has 2 heterocycles. The molecule has 106 valence electrons. The zero-order valence-corrected chi connectivity index (χ0v) is 11.9. The molecule has 1 N–H and O–H groups in total. The van der Waals surface area contributed by atoms with Gasteiger partial charge in [-0.15, -0.1) is 11.6 Å². The van der Waals surface area contributed by atoms with Gasteiger partial charge < -0.3 is 14.4 Å². The number of rotatable bonds is 4. The van der Waals surface area contributed by atoms with Gasteiger partial charge in [-0.05, 0) is 31.0 Å². The van der Waals surface area contributed by atoms with Crippen LogP contribution < -0.4 is 0 Å². The maximum atomic E-state index is 11.2. The number of fused-ring (bicyclic) bond motifs is 1. The van der Waals surface area contributed by atoms with E-state index >= 15 is 0 Å². The number of imidazole rings is 1. The Morgan fingerprint density at radius 1 is 1.60 bits per heavy atom. The molecule has 0 saturated carbocycles. The van der Waals surface area contributed by atoms with Gasteiger partial charge in [-0.25, -0.2) is 9.78 Å². The topological polar surface area (TPSA) is 64.3 Å². The fourth-order valence-electron chi connectivity index (χ4n) is 2.50. The van der Waals surface area contributed by atoms with Crippen LogP contribution in [0.25, 0.3) is 11.0 Å². The number of hydrogen-bond donors (Lipinski definition) is 1. The highest BCUT2D eigenvalue weighted by molar-refractivity contribution is 6.16. The first-order chi connectivity index (χ1) is 9.60. The minimum Gasteiger partial charge on any atom is -0.478 e. The van der Waals surface area contributed by atoms with E-state index in [2.05, 4.69) is 4.98 Å². The van der Waals surface area contributed by atoms with Crippen LogP contribution in [-0.4, -0.2) is 33.3 Å². The molecule has 2 aromatic rings. The van der Waals surface area contributed by atoms with Gasteiger partial charge in [0, 0.05) is 6.61 Å². The van der Waals surface area contributed by atoms with Crippen LogP contribution in [0.5, 0.6) is 0 Å². The molecular weight excluding hydrogens is 280 g/mol. The molecule has 0 radical (unpaired) electrons. The maximum Gasteiger partial charge on any atom is 0.335 e. The number of benzene rings is 1. The molecule has 1 saturated heterocycles. The quantitative estimate of drug-likeness (QED) is 0.880. The lowest BCUT2D eigenvalue weighted by molar-refractivity contribution is -0.0589. The Labute approximate surface area is 121 Å². The number of carboxylic acid groups (broad SMARTS) is 1. The number of ether oxygens (including phenoxy) is 1. The molecule has 1 atom stereocenters. The van der Waals surface area contributed by atoms with Crippen LogP contribution in [0.15, 0.2) is 12.1 Å². The zero-order chi connectivity index (χ0) is 14.3. The second-order valence-corrected chi connectivity index (χ2v) is 5.29. The van der Waals surface area contributed by atoms with Crippen molar-refractivity contribution < 1.29 is 14.6 Å². The fourth-order valence-corrected chi connectivity index (χ4v) is 2.71. The smallest absolute Gasteiger partial charge is 0.335 e. The van der Waals surface area contributed by atoms with E-state index in [1.165, 1.54) is 0 Å². The number of nitrogens with zero attached hydrogens (tertiary/aromatic N) is 2. The predicted molar refractivity (Wildman–Crippen MR) is 75.3 cm³/mol. The van der Waals surface area contributed by atoms with Gasteiger partial charge in [0.25, 0.3) is 0 Å². The molecule has 6 heteroatoms. The lowest BCUT2D eigenvalue weighted by atomic mass is 10.1. The van der Waals surface area contributed by atoms with E-state index in [1.54, 1.807) is 12.1 Å². The van der Waals surface area contributed by atoms with E-state index in [0.717, 1.165) is 35.4 Å². The first-order valence-electron chi connectivity index (χ1n) is 6.50. The van der Waals surface area contributed by atoms with Crippen molar-refractivity contribution in [2.75, 3.05) is 6.61 Å². The molecule has 1 aromatic carbocycles. The molecule has 0 aliphatic carbocycles. The fraction of sp³-hybridized carbons (Fsp3) is 0.429. The van der Waals surface area contributed by atoms with Crippen LogP contribution in [0, 0.1) is 6.92 Å². The third kappa shape index (κ3) is 2.17. The van der Waals surface area contributed by atoms with Gasteiger partial charge in [0.1, 0.15) is 5.82 Å². The minimum absolute atomic E-state index is 0.170. The summed E-state index contributed by atoms with van der Waals surface area (Å²) in [4.78, 5) is 15.7. The molecule has 0 spiro atoms. The van der Waals surface area contributed by atoms with E-state index in [9.17, 15) is 9.90 Å². The maximum absolute atomic E-state index is 11.2. The predicted octanol–water partition coefficient (Wildman–Crippen LogP) is 2.57. The third-order valence-corrected chi connectivity index (χ3v) is 3.91. The van der Waals surface area contributed by atoms with Gasteiger partial charge in [-0.1, -0.05) is 0 Å². The van der Waals surface area contributed by atoms with Gasteiger partial charge in [-0.2, -0.15) is 0 Å². The lowest BCUT2D eigenvalue weighted by Crippen LogP contribution is -2.31. The summed E-state index contributed by atoms with van der Waals surface area (Å²) in [7, 11) is 0. The third-order valence-electron chi connectivity index (χ3n) is 3.67. The summed E-state index contributed by atoms with van der Waals surface area (Å²) in [6.07, 6.45) is 1.18. The van der Waals surface area contributed by atoms with Crippen LogP contribution in [0.4, 0.5) is 0 Å². The number of halogens is 1. The summed E-state index contributed by atoms with van der Waals surface area (Å²) in [5.41, 5.74) is 2.74. The Morgan fingerprint density at radius 2 is 2.35 bits per heavy atom. The van der Waals surface area contributed by atoms with Crippen LogP contribution in [-0.2, 0) is 17.2 Å². The number of alkyl halides is 1. The molecule has 1 aliphatic heterocycles. The number of carbonyl (C=O) groups is 1. The largest absolute Gasteiger partial charge is 0.478 e. The lowest BCUT2D eigenvalue weighted by Gasteiger charge is -2.27. The Balaban J connectivity index is 2.15. The van der Waals surface area contributed by atoms with Gasteiger partial charge in [0.05, 0.1) is 35.1 Å². The molecule has 1 unspecified atom stereocenters. The highest BCUT2D eigenvalue weighted by atomic mass is 35.5. The molecule has 0 amide bonds. The van der Waals surface area contributed by atoms with E-state index in [-0.39, 0.29) is 11.7 Å². The van der Waals surface area contributed by atoms with Gasteiger partial charge in [0.15, 0.2) is 0 Å². The minimum atomic E-state index is -0.935. The number of aromatic nitrogens is 2. The SMILES string of the molecule is Cc1cc(C(=O)O)cc2c1nc(CCl)n2CC1CCO1. The monoisotopic (exact) mass is 294 g/mol. The van der Waals surface area contributed by atoms with Crippen molar-refractivity contribution in [3.63, 3.8) is 0 Å². The normalized spacial score (nSPS) is 18.2. The van der Waals surface area contributed by atoms with E-state index in [4.69, 9.17) is 16.3 Å². The summed E-state index contributed by atoms with van der Waals surface area (Å²) in [6, 6.07) is 3.30. The standard InChI is InChI=1S/C14H15ClN2O3/c1-8-4-9(14(18)19)5-11-13(8)16-12(6-15)17(11)7-10-2-3-20-10/h4-5,10H,2-3,6-7H2,1H3,(H,18,19). The Bertz CT molecular complexity index is 677. The summed E-state index contributed by atoms with van der Waals surface area (Å²) in [6.45, 7) is 3.32. The van der Waals surface area contributed by atoms with Gasteiger partial charge in [-0.3, -0.25) is 0 Å². The molecule has 3 rings (SSSR count). The Morgan fingerprint density at radius 3 is 2.90 bits per heavy atom. The van der Waals surface area contributed by atoms with Crippen molar-refractivity contribution in [2.24, 2.45) is 0 Å². The highest BCUT2D eigenvalue weighted by Gasteiger charge is 2.22. The first-order valence-corrected chi connectivity index (χ1v) is 7.04. The summed E-state index contributed by atoms with van der Waals surface area (Å²) < 4.78 is 7.43. The average Bonchev–Trinajstić information content (AvgIpc) is 2.72. The Kier molecular flexibility index (Phi) is 3.40. The van der Waals surface area contributed by atoms with Crippen molar-refractivity contribution in [1.29, 1.82) is 0 Å². The molecule has 5 nitrogen and oxygen atoms in total. The molecular formula is C14H15ClN2O3. The van der Waals surface area contributed by atoms with Crippen LogP contribution in [0.2, 0.25) is 0 Å². The van der Waals surface area contributed by atoms with Crippen molar-refractivity contribution >= 4 is 28.6 Å². The van der Waals surface area contributed by atoms with Crippen LogP contribution in [0.3, 0.4) is 0 Å². The first kappa shape index (κ1) is 13.4. The van der Waals surface area contributed by atoms with E-state index < -0.39 is 5.97 Å². The summed E-state index contributed by atoms with van der Waals surface area (Å²) >= 11 is 5.96. The number of aryl methyl sites for hydroxylation is 1. The van der Waals surface area contributed by atoms with Gasteiger partial charge in [0.2, 0.25) is 0 Å². The van der Waals surface area contributed by atoms with Crippen molar-refractivity contribution in [2.45, 2.75) is 31.9 Å². The molecule has 0 bridgehead atoms. The highest BCUT2D eigenvalue weighted by Crippen LogP contribution is 2.25. The Hall–Kier alpha value is -1.59. The van der Waals surface area contributed by atoms with E-state index in [1.807, 2.05) is 11.5 Å². The summed E-state index contributed by atoms with van der Waals surface area (Å²) in [5.74, 6) is 0.112. The number of aromatic carboxylic acids is 1. The molecule has 1 aromatic heterocycles. The molecule has 1 aliphatic rings. The number of hydrogen-bond acceptors (Lipinski definition) is 3. The second kappa shape index (κ2) is 5.07. The van der Waals surface area contributed by atoms with E-state index in [0.29, 0.717) is 12.4 Å². The zero-order valence-electron chi connectivity index (χ0n) is 11.1. The number of carboxylic acids is 1. The van der Waals surface area contributed by atoms with Crippen molar-refractivity contribution in [3.8, 4) is 0 Å². The average molecular weight is 295 g/mol. The van der Waals surface area contributed by atoms with Crippen molar-refractivity contribution in [3.05, 3.63) is 29.1 Å². The molecule has 20 heavy (non-hydrogen) atoms. The second-order valence-electron chi connectivity index (χ2n) is 5.02.